The monoisotopic (exact) mass is 292 g/mol. The van der Waals surface area contributed by atoms with E-state index in [0.29, 0.717) is 12.6 Å². The molecular formula is C17H28N2O2. The van der Waals surface area contributed by atoms with Crippen molar-refractivity contribution in [1.29, 1.82) is 0 Å². The van der Waals surface area contributed by atoms with Crippen LogP contribution >= 0.6 is 0 Å². The normalized spacial score (nSPS) is 12.6. The predicted octanol–water partition coefficient (Wildman–Crippen LogP) is 4.31. The van der Waals surface area contributed by atoms with Gasteiger partial charge in [-0.05, 0) is 51.8 Å². The maximum Gasteiger partial charge on any atom is 0.407 e. The zero-order valence-corrected chi connectivity index (χ0v) is 13.8. The zero-order chi connectivity index (χ0) is 15.9. The van der Waals surface area contributed by atoms with Crippen LogP contribution in [0, 0.1) is 0 Å². The summed E-state index contributed by atoms with van der Waals surface area (Å²) in [6.45, 7) is 10.4. The van der Waals surface area contributed by atoms with E-state index in [1.165, 1.54) is 0 Å². The van der Waals surface area contributed by atoms with Gasteiger partial charge < -0.3 is 15.4 Å². The Bertz CT molecular complexity index is 452. The predicted molar refractivity (Wildman–Crippen MR) is 87.5 cm³/mol. The van der Waals surface area contributed by atoms with Gasteiger partial charge in [0.25, 0.3) is 0 Å². The minimum Gasteiger partial charge on any atom is -0.444 e. The molecule has 0 heterocycles. The van der Waals surface area contributed by atoms with Crippen LogP contribution in [0.25, 0.3) is 0 Å². The molecular weight excluding hydrogens is 264 g/mol. The molecule has 1 aromatic rings. The lowest BCUT2D eigenvalue weighted by Crippen LogP contribution is -2.32. The fourth-order valence-electron chi connectivity index (χ4n) is 2.05. The maximum absolute atomic E-state index is 11.6. The number of carbonyl (C=O) groups is 1. The Labute approximate surface area is 128 Å². The van der Waals surface area contributed by atoms with Crippen LogP contribution in [0.3, 0.4) is 0 Å². The van der Waals surface area contributed by atoms with Gasteiger partial charge in [0.05, 0.1) is 0 Å². The van der Waals surface area contributed by atoms with Gasteiger partial charge in [0.1, 0.15) is 5.60 Å². The van der Waals surface area contributed by atoms with Crippen molar-refractivity contribution in [3.63, 3.8) is 0 Å². The van der Waals surface area contributed by atoms with E-state index in [0.717, 1.165) is 24.1 Å². The first-order chi connectivity index (χ1) is 9.80. The summed E-state index contributed by atoms with van der Waals surface area (Å²) in [4.78, 5) is 11.6. The standard InChI is InChI=1S/C17H28N2O2/c1-6-8-13(2)19-15-10-7-9-14(11-15)12-18-16(20)21-17(3,4)5/h7,9-11,13,19H,6,8,12H2,1-5H3,(H,18,20). The summed E-state index contributed by atoms with van der Waals surface area (Å²) in [6.07, 6.45) is 1.91. The Morgan fingerprint density at radius 1 is 1.33 bits per heavy atom. The molecule has 0 saturated carbocycles. The van der Waals surface area contributed by atoms with Gasteiger partial charge in [-0.3, -0.25) is 0 Å². The number of amides is 1. The Hall–Kier alpha value is -1.71. The number of benzene rings is 1. The fraction of sp³-hybridized carbons (Fsp3) is 0.588. The fourth-order valence-corrected chi connectivity index (χ4v) is 2.05. The van der Waals surface area contributed by atoms with Gasteiger partial charge in [-0.25, -0.2) is 4.79 Å². The van der Waals surface area contributed by atoms with E-state index in [1.807, 2.05) is 39.0 Å². The van der Waals surface area contributed by atoms with E-state index in [4.69, 9.17) is 4.74 Å². The van der Waals surface area contributed by atoms with Crippen LogP contribution in [0.1, 0.15) is 53.0 Å². The van der Waals surface area contributed by atoms with E-state index >= 15 is 0 Å². The number of carbonyl (C=O) groups excluding carboxylic acids is 1. The minimum absolute atomic E-state index is 0.389. The Kier molecular flexibility index (Phi) is 6.53. The van der Waals surface area contributed by atoms with Crippen molar-refractivity contribution in [3.05, 3.63) is 29.8 Å². The van der Waals surface area contributed by atoms with Crippen LogP contribution < -0.4 is 10.6 Å². The van der Waals surface area contributed by atoms with Gasteiger partial charge in [-0.15, -0.1) is 0 Å². The average molecular weight is 292 g/mol. The largest absolute Gasteiger partial charge is 0.444 e. The van der Waals surface area contributed by atoms with Crippen LogP contribution in [0.2, 0.25) is 0 Å². The highest BCUT2D eigenvalue weighted by molar-refractivity contribution is 5.67. The number of nitrogens with one attached hydrogen (secondary N) is 2. The quantitative estimate of drug-likeness (QED) is 0.821. The molecule has 1 unspecified atom stereocenters. The van der Waals surface area contributed by atoms with Crippen molar-refractivity contribution < 1.29 is 9.53 Å². The van der Waals surface area contributed by atoms with Crippen molar-refractivity contribution in [2.45, 2.75) is 65.6 Å². The second-order valence-electron chi connectivity index (χ2n) is 6.39. The zero-order valence-electron chi connectivity index (χ0n) is 13.8. The number of hydrogen-bond acceptors (Lipinski definition) is 3. The highest BCUT2D eigenvalue weighted by atomic mass is 16.6. The summed E-state index contributed by atoms with van der Waals surface area (Å²) in [5.41, 5.74) is 1.66. The molecule has 1 aromatic carbocycles. The van der Waals surface area contributed by atoms with Gasteiger partial charge in [0, 0.05) is 18.3 Å². The third-order valence-corrected chi connectivity index (χ3v) is 2.90. The minimum atomic E-state index is -0.469. The Morgan fingerprint density at radius 2 is 2.05 bits per heavy atom. The smallest absolute Gasteiger partial charge is 0.407 e. The molecule has 1 amide bonds. The first-order valence-corrected chi connectivity index (χ1v) is 7.62. The van der Waals surface area contributed by atoms with Crippen molar-refractivity contribution in [3.8, 4) is 0 Å². The van der Waals surface area contributed by atoms with E-state index in [-0.39, 0.29) is 6.09 Å². The average Bonchev–Trinajstić information content (AvgIpc) is 2.35. The molecule has 4 heteroatoms. The number of anilines is 1. The molecule has 0 aliphatic carbocycles. The summed E-state index contributed by atoms with van der Waals surface area (Å²) in [7, 11) is 0. The molecule has 0 radical (unpaired) electrons. The first kappa shape index (κ1) is 17.3. The van der Waals surface area contributed by atoms with Crippen molar-refractivity contribution in [2.24, 2.45) is 0 Å². The molecule has 0 aliphatic rings. The van der Waals surface area contributed by atoms with Gasteiger partial charge >= 0.3 is 6.09 Å². The molecule has 1 atom stereocenters. The molecule has 4 nitrogen and oxygen atoms in total. The van der Waals surface area contributed by atoms with E-state index in [2.05, 4.69) is 30.5 Å². The molecule has 21 heavy (non-hydrogen) atoms. The third-order valence-electron chi connectivity index (χ3n) is 2.90. The van der Waals surface area contributed by atoms with Crippen molar-refractivity contribution in [2.75, 3.05) is 5.32 Å². The summed E-state index contributed by atoms with van der Waals surface area (Å²) in [5, 5.41) is 6.24. The summed E-state index contributed by atoms with van der Waals surface area (Å²) in [5.74, 6) is 0. The number of hydrogen-bond donors (Lipinski definition) is 2. The second kappa shape index (κ2) is 7.91. The van der Waals surface area contributed by atoms with Crippen LogP contribution in [-0.2, 0) is 11.3 Å². The molecule has 0 saturated heterocycles. The van der Waals surface area contributed by atoms with Gasteiger partial charge in [0.15, 0.2) is 0 Å². The lowest BCUT2D eigenvalue weighted by Gasteiger charge is -2.20. The van der Waals surface area contributed by atoms with Crippen LogP contribution in [0.5, 0.6) is 0 Å². The van der Waals surface area contributed by atoms with E-state index in [1.54, 1.807) is 0 Å². The molecule has 118 valence electrons. The summed E-state index contributed by atoms with van der Waals surface area (Å²) in [6, 6.07) is 8.54. The van der Waals surface area contributed by atoms with Gasteiger partial charge in [-0.1, -0.05) is 25.5 Å². The lowest BCUT2D eigenvalue weighted by molar-refractivity contribution is 0.0523. The highest BCUT2D eigenvalue weighted by Crippen LogP contribution is 2.14. The second-order valence-corrected chi connectivity index (χ2v) is 6.39. The first-order valence-electron chi connectivity index (χ1n) is 7.62. The summed E-state index contributed by atoms with van der Waals surface area (Å²) >= 11 is 0. The van der Waals surface area contributed by atoms with Crippen LogP contribution in [-0.4, -0.2) is 17.7 Å². The molecule has 2 N–H and O–H groups in total. The molecule has 0 aromatic heterocycles. The Morgan fingerprint density at radius 3 is 2.67 bits per heavy atom. The van der Waals surface area contributed by atoms with Crippen LogP contribution in [0.15, 0.2) is 24.3 Å². The van der Waals surface area contributed by atoms with Crippen molar-refractivity contribution >= 4 is 11.8 Å². The Balaban J connectivity index is 2.51. The summed E-state index contributed by atoms with van der Waals surface area (Å²) < 4.78 is 5.22. The maximum atomic E-state index is 11.6. The highest BCUT2D eigenvalue weighted by Gasteiger charge is 2.15. The van der Waals surface area contributed by atoms with Gasteiger partial charge in [-0.2, -0.15) is 0 Å². The SMILES string of the molecule is CCCC(C)Nc1cccc(CNC(=O)OC(C)(C)C)c1. The third kappa shape index (κ3) is 7.59. The molecule has 1 rings (SSSR count). The number of ether oxygens (including phenoxy) is 1. The molecule has 0 aliphatic heterocycles. The van der Waals surface area contributed by atoms with Crippen molar-refractivity contribution in [1.82, 2.24) is 5.32 Å². The van der Waals surface area contributed by atoms with E-state index < -0.39 is 5.60 Å². The lowest BCUT2D eigenvalue weighted by atomic mass is 10.1. The number of alkyl carbamates (subject to hydrolysis) is 1. The number of rotatable bonds is 6. The van der Waals surface area contributed by atoms with Crippen LogP contribution in [0.4, 0.5) is 10.5 Å². The van der Waals surface area contributed by atoms with Gasteiger partial charge in [0.2, 0.25) is 0 Å². The molecule has 0 spiro atoms. The van der Waals surface area contributed by atoms with E-state index in [9.17, 15) is 4.79 Å². The topological polar surface area (TPSA) is 50.4 Å². The molecule has 0 fully saturated rings. The molecule has 0 bridgehead atoms.